The van der Waals surface area contributed by atoms with Crippen molar-refractivity contribution in [2.75, 3.05) is 13.1 Å². The number of non-ortho nitro benzene ring substituents is 1. The highest BCUT2D eigenvalue weighted by molar-refractivity contribution is 5.85. The van der Waals surface area contributed by atoms with Crippen LogP contribution in [-0.4, -0.2) is 30.0 Å². The number of amides is 1. The van der Waals surface area contributed by atoms with E-state index in [1.54, 1.807) is 6.07 Å². The number of nitriles is 1. The fraction of sp³-hybridized carbons (Fsp3) is 0.500. The number of benzene rings is 1. The van der Waals surface area contributed by atoms with Crippen LogP contribution in [0.15, 0.2) is 18.2 Å². The van der Waals surface area contributed by atoms with Crippen LogP contribution in [0.4, 0.5) is 5.69 Å². The van der Waals surface area contributed by atoms with Gasteiger partial charge >= 0.3 is 0 Å². The maximum absolute atomic E-state index is 12.4. The molecule has 9 heteroatoms. The zero-order valence-electron chi connectivity index (χ0n) is 14.1. The third-order valence-electron chi connectivity index (χ3n) is 4.39. The van der Waals surface area contributed by atoms with Crippen LogP contribution in [-0.2, 0) is 10.3 Å². The molecule has 1 aliphatic rings. The summed E-state index contributed by atoms with van der Waals surface area (Å²) in [6, 6.07) is 5.48. The van der Waals surface area contributed by atoms with Gasteiger partial charge in [-0.1, -0.05) is 13.8 Å². The second-order valence-corrected chi connectivity index (χ2v) is 6.37. The van der Waals surface area contributed by atoms with Crippen LogP contribution in [0.3, 0.4) is 0 Å². The molecule has 0 spiro atoms. The number of carbonyl (C=O) groups is 1. The molecule has 1 aromatic carbocycles. The summed E-state index contributed by atoms with van der Waals surface area (Å²) < 4.78 is 0. The lowest BCUT2D eigenvalue weighted by Gasteiger charge is -2.32. The predicted molar refractivity (Wildman–Crippen MR) is 95.2 cm³/mol. The minimum atomic E-state index is -0.788. The Morgan fingerprint density at radius 1 is 1.52 bits per heavy atom. The first-order valence-electron chi connectivity index (χ1n) is 7.78. The second-order valence-electron chi connectivity index (χ2n) is 6.37. The molecule has 1 amide bonds. The van der Waals surface area contributed by atoms with Crippen molar-refractivity contribution < 1.29 is 9.72 Å². The van der Waals surface area contributed by atoms with E-state index in [0.717, 1.165) is 0 Å². The Morgan fingerprint density at radius 2 is 2.20 bits per heavy atom. The molecule has 2 atom stereocenters. The molecular weight excluding hydrogens is 346 g/mol. The third-order valence-corrected chi connectivity index (χ3v) is 4.39. The van der Waals surface area contributed by atoms with Gasteiger partial charge in [0.15, 0.2) is 0 Å². The van der Waals surface area contributed by atoms with E-state index >= 15 is 0 Å². The highest BCUT2D eigenvalue weighted by atomic mass is 35.5. The number of halogens is 1. The van der Waals surface area contributed by atoms with Crippen molar-refractivity contribution in [3.63, 3.8) is 0 Å². The van der Waals surface area contributed by atoms with Gasteiger partial charge in [0, 0.05) is 18.7 Å². The molecule has 0 unspecified atom stereocenters. The Labute approximate surface area is 152 Å². The van der Waals surface area contributed by atoms with Crippen LogP contribution in [0.1, 0.15) is 31.4 Å². The fourth-order valence-corrected chi connectivity index (χ4v) is 2.87. The van der Waals surface area contributed by atoms with Gasteiger partial charge in [-0.25, -0.2) is 0 Å². The van der Waals surface area contributed by atoms with Crippen LogP contribution in [0.5, 0.6) is 0 Å². The normalized spacial score (nSPS) is 20.4. The average Bonchev–Trinajstić information content (AvgIpc) is 3.02. The highest BCUT2D eigenvalue weighted by Gasteiger charge is 2.40. The van der Waals surface area contributed by atoms with Gasteiger partial charge < -0.3 is 16.4 Å². The molecule has 1 saturated heterocycles. The van der Waals surface area contributed by atoms with Gasteiger partial charge in [0.05, 0.1) is 28.1 Å². The summed E-state index contributed by atoms with van der Waals surface area (Å²) in [4.78, 5) is 22.8. The molecule has 1 fully saturated rings. The van der Waals surface area contributed by atoms with Crippen molar-refractivity contribution in [3.05, 3.63) is 39.4 Å². The van der Waals surface area contributed by atoms with E-state index in [0.29, 0.717) is 25.1 Å². The summed E-state index contributed by atoms with van der Waals surface area (Å²) in [7, 11) is 0. The van der Waals surface area contributed by atoms with Crippen LogP contribution < -0.4 is 16.4 Å². The molecule has 1 aromatic rings. The standard InChI is InChI=1S/C16H21N5O3.ClH/c1-10(2)14(18)15(22)20-16(5-6-19-9-16)13-4-3-12(21(23)24)7-11(13)8-17;/h3-4,7,10,14,19H,5-6,9,18H2,1-2H3,(H,20,22);1H/t14-,16+;/m0./s1. The van der Waals surface area contributed by atoms with Gasteiger partial charge in [-0.15, -0.1) is 12.4 Å². The molecule has 2 rings (SSSR count). The van der Waals surface area contributed by atoms with E-state index in [9.17, 15) is 20.2 Å². The lowest BCUT2D eigenvalue weighted by atomic mass is 9.85. The second kappa shape index (κ2) is 8.25. The van der Waals surface area contributed by atoms with Crippen LogP contribution in [0.2, 0.25) is 0 Å². The topological polar surface area (TPSA) is 134 Å². The van der Waals surface area contributed by atoms with E-state index in [4.69, 9.17) is 5.73 Å². The Balaban J connectivity index is 0.00000312. The number of hydrogen-bond donors (Lipinski definition) is 3. The Kier molecular flexibility index (Phi) is 6.87. The van der Waals surface area contributed by atoms with E-state index in [2.05, 4.69) is 10.6 Å². The largest absolute Gasteiger partial charge is 0.344 e. The van der Waals surface area contributed by atoms with Crippen molar-refractivity contribution >= 4 is 24.0 Å². The molecule has 8 nitrogen and oxygen atoms in total. The minimum absolute atomic E-state index is 0. The number of rotatable bonds is 5. The van der Waals surface area contributed by atoms with Gasteiger partial charge in [0.2, 0.25) is 5.91 Å². The smallest absolute Gasteiger partial charge is 0.270 e. The van der Waals surface area contributed by atoms with Gasteiger partial charge in [-0.3, -0.25) is 14.9 Å². The fourth-order valence-electron chi connectivity index (χ4n) is 2.87. The first-order chi connectivity index (χ1) is 11.3. The SMILES string of the molecule is CC(C)[C@H](N)C(=O)N[C@]1(c2ccc([N+](=O)[O-])cc2C#N)CCNC1.Cl. The number of nitrogens with zero attached hydrogens (tertiary/aromatic N) is 2. The van der Waals surface area contributed by atoms with Crippen molar-refractivity contribution in [2.45, 2.75) is 31.8 Å². The van der Waals surface area contributed by atoms with Crippen molar-refractivity contribution in [3.8, 4) is 6.07 Å². The zero-order valence-corrected chi connectivity index (χ0v) is 14.9. The number of nitrogens with one attached hydrogen (secondary N) is 2. The number of nitro benzene ring substituents is 1. The van der Waals surface area contributed by atoms with Gasteiger partial charge in [0.1, 0.15) is 0 Å². The van der Waals surface area contributed by atoms with Crippen LogP contribution >= 0.6 is 12.4 Å². The zero-order chi connectivity index (χ0) is 17.9. The van der Waals surface area contributed by atoms with E-state index in [1.165, 1.54) is 12.1 Å². The first kappa shape index (κ1) is 20.8. The van der Waals surface area contributed by atoms with Gasteiger partial charge in [0.25, 0.3) is 5.69 Å². The minimum Gasteiger partial charge on any atom is -0.344 e. The van der Waals surface area contributed by atoms with Crippen molar-refractivity contribution in [2.24, 2.45) is 11.7 Å². The molecule has 0 radical (unpaired) electrons. The lowest BCUT2D eigenvalue weighted by molar-refractivity contribution is -0.384. The molecular formula is C16H22ClN5O3. The molecule has 1 heterocycles. The summed E-state index contributed by atoms with van der Waals surface area (Å²) in [5.74, 6) is -0.320. The molecule has 4 N–H and O–H groups in total. The van der Waals surface area contributed by atoms with Crippen molar-refractivity contribution in [1.82, 2.24) is 10.6 Å². The van der Waals surface area contributed by atoms with Crippen molar-refractivity contribution in [1.29, 1.82) is 5.26 Å². The van der Waals surface area contributed by atoms with E-state index in [1.807, 2.05) is 19.9 Å². The Bertz CT molecular complexity index is 696. The van der Waals surface area contributed by atoms with Gasteiger partial charge in [-0.05, 0) is 30.5 Å². The monoisotopic (exact) mass is 367 g/mol. The lowest BCUT2D eigenvalue weighted by Crippen LogP contribution is -2.54. The Morgan fingerprint density at radius 3 is 2.68 bits per heavy atom. The predicted octanol–water partition coefficient (Wildman–Crippen LogP) is 1.18. The number of nitrogens with two attached hydrogens (primary N) is 1. The highest BCUT2D eigenvalue weighted by Crippen LogP contribution is 2.32. The van der Waals surface area contributed by atoms with E-state index in [-0.39, 0.29) is 35.5 Å². The summed E-state index contributed by atoms with van der Waals surface area (Å²) in [6.07, 6.45) is 0.579. The first-order valence-corrected chi connectivity index (χ1v) is 7.78. The summed E-state index contributed by atoms with van der Waals surface area (Å²) >= 11 is 0. The summed E-state index contributed by atoms with van der Waals surface area (Å²) in [6.45, 7) is 4.82. The molecule has 0 saturated carbocycles. The molecule has 0 aliphatic carbocycles. The average molecular weight is 368 g/mol. The van der Waals surface area contributed by atoms with Crippen LogP contribution in [0.25, 0.3) is 0 Å². The summed E-state index contributed by atoms with van der Waals surface area (Å²) in [5.41, 5.74) is 5.74. The summed E-state index contributed by atoms with van der Waals surface area (Å²) in [5, 5.41) is 26.5. The molecule has 0 aromatic heterocycles. The quantitative estimate of drug-likeness (QED) is 0.528. The number of nitro groups is 1. The molecule has 136 valence electrons. The third kappa shape index (κ3) is 4.25. The number of carbonyl (C=O) groups excluding carboxylic acids is 1. The maximum atomic E-state index is 12.4. The van der Waals surface area contributed by atoms with Gasteiger partial charge in [-0.2, -0.15) is 5.26 Å². The van der Waals surface area contributed by atoms with E-state index < -0.39 is 16.5 Å². The number of hydrogen-bond acceptors (Lipinski definition) is 6. The molecule has 25 heavy (non-hydrogen) atoms. The Hall–Kier alpha value is -2.21. The molecule has 1 aliphatic heterocycles. The molecule has 0 bridgehead atoms. The van der Waals surface area contributed by atoms with Crippen LogP contribution in [0, 0.1) is 27.4 Å². The maximum Gasteiger partial charge on any atom is 0.270 e.